The molecule has 2 fully saturated rings. The number of hydrogen-bond donors (Lipinski definition) is 0. The van der Waals surface area contributed by atoms with E-state index in [9.17, 15) is 14.4 Å². The molecule has 0 aliphatic carbocycles. The molecule has 34 heavy (non-hydrogen) atoms. The molecule has 1 aromatic heterocycles. The fourth-order valence-corrected chi connectivity index (χ4v) is 5.44. The Balaban J connectivity index is 1.28. The standard InChI is InChI=1S/C27H30N4O3/c1-20(32)31-19-22(23-10-6-7-11-24(23)31)18-29-16-13-27(14-17-29)25(33)30(26(34)28(27)2)15-12-21-8-4-3-5-9-21/h3-11,19H,12-18H2,1-2H3. The molecular formula is C27H30N4O3. The zero-order chi connectivity index (χ0) is 23.9. The average molecular weight is 459 g/mol. The van der Waals surface area contributed by atoms with Gasteiger partial charge in [0.2, 0.25) is 5.91 Å². The zero-order valence-electron chi connectivity index (χ0n) is 19.7. The van der Waals surface area contributed by atoms with Crippen LogP contribution in [0.25, 0.3) is 10.9 Å². The highest BCUT2D eigenvalue weighted by Gasteiger charge is 2.56. The van der Waals surface area contributed by atoms with Gasteiger partial charge in [0.15, 0.2) is 0 Å². The Kier molecular flexibility index (Phi) is 5.73. The van der Waals surface area contributed by atoms with E-state index >= 15 is 0 Å². The minimum absolute atomic E-state index is 0.00710. The van der Waals surface area contributed by atoms with Crippen molar-refractivity contribution in [2.75, 3.05) is 26.7 Å². The number of carbonyl (C=O) groups excluding carboxylic acids is 3. The number of fused-ring (bicyclic) bond motifs is 1. The first-order valence-corrected chi connectivity index (χ1v) is 11.9. The molecule has 5 rings (SSSR count). The van der Waals surface area contributed by atoms with Crippen LogP contribution in [0.3, 0.4) is 0 Å². The van der Waals surface area contributed by atoms with Gasteiger partial charge in [-0.1, -0.05) is 48.5 Å². The SMILES string of the molecule is CC(=O)n1cc(CN2CCC3(CC2)C(=O)N(CCc2ccccc2)C(=O)N3C)c2ccccc21. The fraction of sp³-hybridized carbons (Fsp3) is 0.370. The van der Waals surface area contributed by atoms with Crippen molar-refractivity contribution in [2.24, 2.45) is 0 Å². The van der Waals surface area contributed by atoms with Gasteiger partial charge in [-0.25, -0.2) is 4.79 Å². The molecule has 3 amide bonds. The lowest BCUT2D eigenvalue weighted by Crippen LogP contribution is -2.55. The van der Waals surface area contributed by atoms with Gasteiger partial charge >= 0.3 is 6.03 Å². The Morgan fingerprint density at radius 3 is 2.35 bits per heavy atom. The van der Waals surface area contributed by atoms with Crippen molar-refractivity contribution in [3.8, 4) is 0 Å². The molecule has 2 aromatic carbocycles. The van der Waals surface area contributed by atoms with E-state index in [0.29, 0.717) is 32.4 Å². The van der Waals surface area contributed by atoms with Gasteiger partial charge in [0.25, 0.3) is 5.91 Å². The smallest absolute Gasteiger partial charge is 0.312 e. The van der Waals surface area contributed by atoms with Gasteiger partial charge in [0.1, 0.15) is 5.54 Å². The van der Waals surface area contributed by atoms with Crippen LogP contribution >= 0.6 is 0 Å². The average Bonchev–Trinajstić information content (AvgIpc) is 3.30. The number of aromatic nitrogens is 1. The van der Waals surface area contributed by atoms with Crippen molar-refractivity contribution in [2.45, 2.75) is 38.3 Å². The third-order valence-electron chi connectivity index (χ3n) is 7.48. The van der Waals surface area contributed by atoms with E-state index in [1.165, 1.54) is 4.90 Å². The Bertz CT molecular complexity index is 1240. The van der Waals surface area contributed by atoms with Crippen molar-refractivity contribution in [3.63, 3.8) is 0 Å². The number of benzene rings is 2. The van der Waals surface area contributed by atoms with Crippen LogP contribution in [0.4, 0.5) is 4.79 Å². The lowest BCUT2D eigenvalue weighted by molar-refractivity contribution is -0.135. The molecule has 2 aliphatic rings. The monoisotopic (exact) mass is 458 g/mol. The molecule has 3 heterocycles. The van der Waals surface area contributed by atoms with Crippen LogP contribution in [0.1, 0.15) is 35.7 Å². The highest BCUT2D eigenvalue weighted by Crippen LogP contribution is 2.37. The van der Waals surface area contributed by atoms with Gasteiger partial charge in [-0.2, -0.15) is 0 Å². The molecule has 0 bridgehead atoms. The number of amides is 3. The molecule has 0 N–H and O–H groups in total. The van der Waals surface area contributed by atoms with Crippen LogP contribution in [0.2, 0.25) is 0 Å². The van der Waals surface area contributed by atoms with Crippen LogP contribution in [-0.4, -0.2) is 69.3 Å². The molecule has 7 heteroatoms. The molecule has 7 nitrogen and oxygen atoms in total. The number of rotatable bonds is 5. The van der Waals surface area contributed by atoms with Crippen molar-refractivity contribution in [1.29, 1.82) is 0 Å². The molecule has 0 unspecified atom stereocenters. The van der Waals surface area contributed by atoms with Crippen LogP contribution in [0.15, 0.2) is 60.8 Å². The van der Waals surface area contributed by atoms with E-state index < -0.39 is 5.54 Å². The lowest BCUT2D eigenvalue weighted by Gasteiger charge is -2.40. The van der Waals surface area contributed by atoms with Gasteiger partial charge in [-0.3, -0.25) is 24.0 Å². The summed E-state index contributed by atoms with van der Waals surface area (Å²) in [5.41, 5.74) is 2.39. The van der Waals surface area contributed by atoms with Gasteiger partial charge in [0, 0.05) is 51.7 Å². The van der Waals surface area contributed by atoms with E-state index in [-0.39, 0.29) is 17.8 Å². The van der Waals surface area contributed by atoms with E-state index in [4.69, 9.17) is 0 Å². The van der Waals surface area contributed by atoms with Crippen LogP contribution < -0.4 is 0 Å². The number of carbonyl (C=O) groups is 3. The molecule has 1 spiro atoms. The van der Waals surface area contributed by atoms with E-state index in [1.807, 2.05) is 60.8 Å². The maximum absolute atomic E-state index is 13.4. The van der Waals surface area contributed by atoms with Crippen molar-refractivity contribution >= 4 is 28.7 Å². The summed E-state index contributed by atoms with van der Waals surface area (Å²) in [6.45, 7) is 4.12. The largest absolute Gasteiger partial charge is 0.327 e. The quantitative estimate of drug-likeness (QED) is 0.546. The van der Waals surface area contributed by atoms with E-state index in [1.54, 1.807) is 23.4 Å². The lowest BCUT2D eigenvalue weighted by atomic mass is 9.86. The maximum atomic E-state index is 13.4. The molecule has 0 radical (unpaired) electrons. The van der Waals surface area contributed by atoms with Crippen LogP contribution in [-0.2, 0) is 17.8 Å². The van der Waals surface area contributed by atoms with E-state index in [0.717, 1.165) is 35.1 Å². The molecule has 176 valence electrons. The fourth-order valence-electron chi connectivity index (χ4n) is 5.44. The van der Waals surface area contributed by atoms with Gasteiger partial charge in [-0.05, 0) is 36.5 Å². The van der Waals surface area contributed by atoms with E-state index in [2.05, 4.69) is 4.90 Å². The first-order chi connectivity index (χ1) is 16.4. The summed E-state index contributed by atoms with van der Waals surface area (Å²) >= 11 is 0. The number of imide groups is 1. The number of likely N-dealkylation sites (N-methyl/N-ethyl adjacent to an activating group) is 1. The topological polar surface area (TPSA) is 65.9 Å². The summed E-state index contributed by atoms with van der Waals surface area (Å²) in [7, 11) is 1.76. The number of likely N-dealkylation sites (tertiary alicyclic amines) is 1. The zero-order valence-corrected chi connectivity index (χ0v) is 19.7. The van der Waals surface area contributed by atoms with Gasteiger partial charge in [0.05, 0.1) is 5.52 Å². The summed E-state index contributed by atoms with van der Waals surface area (Å²) in [6, 6.07) is 17.7. The molecule has 0 saturated carbocycles. The normalized spacial score (nSPS) is 18.4. The van der Waals surface area contributed by atoms with Gasteiger partial charge < -0.3 is 4.90 Å². The van der Waals surface area contributed by atoms with Crippen molar-refractivity contribution in [1.82, 2.24) is 19.3 Å². The first-order valence-electron chi connectivity index (χ1n) is 11.9. The maximum Gasteiger partial charge on any atom is 0.327 e. The summed E-state index contributed by atoms with van der Waals surface area (Å²) in [5.74, 6) is -0.0731. The summed E-state index contributed by atoms with van der Waals surface area (Å²) < 4.78 is 1.70. The predicted molar refractivity (Wildman–Crippen MR) is 130 cm³/mol. The second-order valence-electron chi connectivity index (χ2n) is 9.40. The van der Waals surface area contributed by atoms with Crippen LogP contribution in [0.5, 0.6) is 0 Å². The summed E-state index contributed by atoms with van der Waals surface area (Å²) in [5, 5.41) is 1.08. The third kappa shape index (κ3) is 3.70. The number of nitrogens with zero attached hydrogens (tertiary/aromatic N) is 4. The molecule has 3 aromatic rings. The Morgan fingerprint density at radius 1 is 0.971 bits per heavy atom. The van der Waals surface area contributed by atoms with Crippen molar-refractivity contribution < 1.29 is 14.4 Å². The highest BCUT2D eigenvalue weighted by molar-refractivity contribution is 6.07. The third-order valence-corrected chi connectivity index (χ3v) is 7.48. The number of para-hydroxylation sites is 1. The molecular weight excluding hydrogens is 428 g/mol. The molecule has 2 saturated heterocycles. The molecule has 0 atom stereocenters. The summed E-state index contributed by atoms with van der Waals surface area (Å²) in [6.07, 6.45) is 3.82. The first kappa shape index (κ1) is 22.3. The number of urea groups is 1. The van der Waals surface area contributed by atoms with Crippen LogP contribution in [0, 0.1) is 0 Å². The Labute approximate surface area is 199 Å². The van der Waals surface area contributed by atoms with Crippen molar-refractivity contribution in [3.05, 3.63) is 71.9 Å². The van der Waals surface area contributed by atoms with Gasteiger partial charge in [-0.15, -0.1) is 0 Å². The second kappa shape index (κ2) is 8.72. The minimum Gasteiger partial charge on any atom is -0.312 e. The molecule has 2 aliphatic heterocycles. The predicted octanol–water partition coefficient (Wildman–Crippen LogP) is 3.77. The highest BCUT2D eigenvalue weighted by atomic mass is 16.2. The number of piperidine rings is 1. The minimum atomic E-state index is -0.752. The Morgan fingerprint density at radius 2 is 1.65 bits per heavy atom. The summed E-state index contributed by atoms with van der Waals surface area (Å²) in [4.78, 5) is 43.9. The Hall–Kier alpha value is -3.45. The second-order valence-corrected chi connectivity index (χ2v) is 9.40. The number of hydrogen-bond acceptors (Lipinski definition) is 4.